The zero-order valence-corrected chi connectivity index (χ0v) is 10.7. The lowest BCUT2D eigenvalue weighted by atomic mass is 9.96. The summed E-state index contributed by atoms with van der Waals surface area (Å²) in [5.74, 6) is 0.278. The van der Waals surface area contributed by atoms with Gasteiger partial charge in [0.1, 0.15) is 6.10 Å². The minimum absolute atomic E-state index is 0.0688. The summed E-state index contributed by atoms with van der Waals surface area (Å²) in [5.41, 5.74) is 0.446. The first kappa shape index (κ1) is 14.7. The first-order valence-corrected chi connectivity index (χ1v) is 5.60. The van der Waals surface area contributed by atoms with Gasteiger partial charge in [-0.25, -0.2) is 4.79 Å². The smallest absolute Gasteiger partial charge is 0.338 e. The second-order valence-electron chi connectivity index (χ2n) is 4.42. The summed E-state index contributed by atoms with van der Waals surface area (Å²) in [6.07, 6.45) is 4.58. The molecule has 0 bridgehead atoms. The summed E-state index contributed by atoms with van der Waals surface area (Å²) < 4.78 is 5.45. The molecular weight excluding hydrogens is 200 g/mol. The topological polar surface area (TPSA) is 26.3 Å². The van der Waals surface area contributed by atoms with Crippen LogP contribution in [-0.4, -0.2) is 12.1 Å². The van der Waals surface area contributed by atoms with Gasteiger partial charge in [-0.3, -0.25) is 0 Å². The van der Waals surface area contributed by atoms with Crippen LogP contribution in [0.4, 0.5) is 0 Å². The molecule has 0 unspecified atom stereocenters. The van der Waals surface area contributed by atoms with Crippen molar-refractivity contribution in [3.8, 4) is 0 Å². The van der Waals surface area contributed by atoms with Crippen LogP contribution >= 0.6 is 0 Å². The van der Waals surface area contributed by atoms with Crippen LogP contribution in [0.5, 0.6) is 0 Å². The molecule has 0 saturated carbocycles. The fourth-order valence-corrected chi connectivity index (χ4v) is 1.58. The van der Waals surface area contributed by atoms with E-state index in [9.17, 15) is 4.79 Å². The molecule has 90 valence electrons. The van der Waals surface area contributed by atoms with Crippen molar-refractivity contribution in [3.05, 3.63) is 37.0 Å². The summed E-state index contributed by atoms with van der Waals surface area (Å²) in [6.45, 7) is 15.3. The minimum atomic E-state index is -0.331. The maximum Gasteiger partial charge on any atom is 0.338 e. The average Bonchev–Trinajstić information content (AvgIpc) is 2.21. The number of carbonyl (C=O) groups is 1. The highest BCUT2D eigenvalue weighted by Gasteiger charge is 2.22. The molecular formula is C14H22O2. The zero-order chi connectivity index (χ0) is 12.7. The van der Waals surface area contributed by atoms with Gasteiger partial charge in [0.2, 0.25) is 0 Å². The van der Waals surface area contributed by atoms with E-state index in [2.05, 4.69) is 13.2 Å². The van der Waals surface area contributed by atoms with E-state index in [4.69, 9.17) is 4.74 Å². The highest BCUT2D eigenvalue weighted by atomic mass is 16.5. The van der Waals surface area contributed by atoms with Crippen LogP contribution in [0.15, 0.2) is 37.0 Å². The normalized spacial score (nSPS) is 12.1. The van der Waals surface area contributed by atoms with Gasteiger partial charge in [0.25, 0.3) is 0 Å². The van der Waals surface area contributed by atoms with E-state index in [1.807, 2.05) is 27.7 Å². The first-order valence-electron chi connectivity index (χ1n) is 5.60. The number of hydrogen-bond acceptors (Lipinski definition) is 2. The van der Waals surface area contributed by atoms with E-state index in [0.717, 1.165) is 0 Å². The average molecular weight is 222 g/mol. The van der Waals surface area contributed by atoms with Gasteiger partial charge in [-0.1, -0.05) is 53.0 Å². The third-order valence-corrected chi connectivity index (χ3v) is 2.31. The monoisotopic (exact) mass is 222 g/mol. The maximum absolute atomic E-state index is 11.8. The van der Waals surface area contributed by atoms with Crippen LogP contribution in [0.2, 0.25) is 0 Å². The quantitative estimate of drug-likeness (QED) is 0.390. The summed E-state index contributed by atoms with van der Waals surface area (Å²) >= 11 is 0. The van der Waals surface area contributed by atoms with Crippen LogP contribution in [0, 0.1) is 11.8 Å². The van der Waals surface area contributed by atoms with Crippen molar-refractivity contribution in [1.82, 2.24) is 0 Å². The predicted octanol–water partition coefficient (Wildman–Crippen LogP) is 3.51. The second-order valence-corrected chi connectivity index (χ2v) is 4.42. The molecule has 0 aromatic carbocycles. The summed E-state index contributed by atoms with van der Waals surface area (Å²) in [6, 6.07) is 0. The molecule has 0 amide bonds. The molecule has 0 radical (unpaired) electrons. The Morgan fingerprint density at radius 1 is 1.12 bits per heavy atom. The Kier molecular flexibility index (Phi) is 6.47. The molecule has 0 fully saturated rings. The Bertz CT molecular complexity index is 277. The van der Waals surface area contributed by atoms with Crippen molar-refractivity contribution in [1.29, 1.82) is 0 Å². The second kappa shape index (κ2) is 7.04. The molecule has 0 saturated heterocycles. The van der Waals surface area contributed by atoms with Crippen LogP contribution in [0.3, 0.4) is 0 Å². The molecule has 0 rings (SSSR count). The van der Waals surface area contributed by atoms with Crippen molar-refractivity contribution in [2.24, 2.45) is 11.8 Å². The summed E-state index contributed by atoms with van der Waals surface area (Å²) in [4.78, 5) is 11.8. The molecule has 0 aromatic heterocycles. The highest BCUT2D eigenvalue weighted by molar-refractivity contribution is 5.91. The zero-order valence-electron chi connectivity index (χ0n) is 10.7. The molecule has 0 N–H and O–H groups in total. The van der Waals surface area contributed by atoms with E-state index >= 15 is 0 Å². The van der Waals surface area contributed by atoms with Crippen LogP contribution in [-0.2, 0) is 9.53 Å². The van der Waals surface area contributed by atoms with Gasteiger partial charge in [-0.2, -0.15) is 0 Å². The molecule has 0 aromatic rings. The van der Waals surface area contributed by atoms with Gasteiger partial charge in [-0.05, 0) is 17.9 Å². The number of carbonyl (C=O) groups excluding carboxylic acids is 1. The lowest BCUT2D eigenvalue weighted by Crippen LogP contribution is -2.29. The molecule has 2 nitrogen and oxygen atoms in total. The largest absolute Gasteiger partial charge is 0.458 e. The summed E-state index contributed by atoms with van der Waals surface area (Å²) in [7, 11) is 0. The number of allylic oxidation sites excluding steroid dienone is 2. The number of rotatable bonds is 6. The van der Waals surface area contributed by atoms with Crippen molar-refractivity contribution in [2.75, 3.05) is 0 Å². The van der Waals surface area contributed by atoms with E-state index in [1.54, 1.807) is 12.2 Å². The lowest BCUT2D eigenvalue weighted by Gasteiger charge is -2.25. The van der Waals surface area contributed by atoms with Crippen LogP contribution in [0.1, 0.15) is 27.7 Å². The fourth-order valence-electron chi connectivity index (χ4n) is 1.58. The molecule has 0 aliphatic carbocycles. The predicted molar refractivity (Wildman–Crippen MR) is 68.0 cm³/mol. The van der Waals surface area contributed by atoms with Gasteiger partial charge in [-0.15, -0.1) is 0 Å². The van der Waals surface area contributed by atoms with Gasteiger partial charge >= 0.3 is 5.97 Å². The van der Waals surface area contributed by atoms with Gasteiger partial charge < -0.3 is 4.74 Å². The molecule has 16 heavy (non-hydrogen) atoms. The van der Waals surface area contributed by atoms with Gasteiger partial charge in [0.05, 0.1) is 5.57 Å². The van der Waals surface area contributed by atoms with E-state index in [0.29, 0.717) is 17.4 Å². The number of ether oxygens (including phenoxy) is 1. The van der Waals surface area contributed by atoms with Crippen LogP contribution < -0.4 is 0 Å². The van der Waals surface area contributed by atoms with Crippen LogP contribution in [0.25, 0.3) is 0 Å². The fraction of sp³-hybridized carbons (Fsp3) is 0.500. The van der Waals surface area contributed by atoms with Gasteiger partial charge in [0, 0.05) is 0 Å². The summed E-state index contributed by atoms with van der Waals surface area (Å²) in [5, 5.41) is 0. The minimum Gasteiger partial charge on any atom is -0.458 e. The molecule has 0 aliphatic heterocycles. The van der Waals surface area contributed by atoms with E-state index in [-0.39, 0.29) is 12.1 Å². The lowest BCUT2D eigenvalue weighted by molar-refractivity contribution is -0.148. The molecule has 0 heterocycles. The van der Waals surface area contributed by atoms with E-state index in [1.165, 1.54) is 6.08 Å². The third-order valence-electron chi connectivity index (χ3n) is 2.31. The van der Waals surface area contributed by atoms with Crippen molar-refractivity contribution >= 4 is 5.97 Å². The molecule has 0 aliphatic rings. The number of esters is 1. The molecule has 0 spiro atoms. The number of hydrogen-bond donors (Lipinski definition) is 0. The van der Waals surface area contributed by atoms with Gasteiger partial charge in [0.15, 0.2) is 0 Å². The highest BCUT2D eigenvalue weighted by Crippen LogP contribution is 2.18. The molecule has 2 heteroatoms. The Hall–Kier alpha value is -1.31. The Morgan fingerprint density at radius 3 is 1.94 bits per heavy atom. The van der Waals surface area contributed by atoms with Crippen molar-refractivity contribution in [3.63, 3.8) is 0 Å². The Labute approximate surface area is 98.7 Å². The third kappa shape index (κ3) is 4.47. The van der Waals surface area contributed by atoms with E-state index < -0.39 is 0 Å². The molecule has 0 atom stereocenters. The van der Waals surface area contributed by atoms with Crippen molar-refractivity contribution < 1.29 is 9.53 Å². The Morgan fingerprint density at radius 2 is 1.62 bits per heavy atom. The standard InChI is InChI=1S/C14H22O2/c1-7-9-12(8-2)14(15)16-13(10(3)4)11(5)6/h7-11,13H,1-2H2,3-6H3/b12-9+. The SMILES string of the molecule is C=C/C=C(\C=C)C(=O)OC(C(C)C)C(C)C. The first-order chi connectivity index (χ1) is 7.43. The Balaban J connectivity index is 4.69. The maximum atomic E-state index is 11.8. The van der Waals surface area contributed by atoms with Crippen molar-refractivity contribution in [2.45, 2.75) is 33.8 Å².